The Balaban J connectivity index is 2.78. The van der Waals surface area contributed by atoms with Gasteiger partial charge in [-0.1, -0.05) is 19.3 Å². The van der Waals surface area contributed by atoms with Crippen molar-refractivity contribution in [2.24, 2.45) is 0 Å². The number of hydrogen-bond acceptors (Lipinski definition) is 3. The fourth-order valence-electron chi connectivity index (χ4n) is 2.03. The van der Waals surface area contributed by atoms with E-state index in [1.807, 2.05) is 0 Å². The molecule has 0 aromatic heterocycles. The second kappa shape index (κ2) is 5.14. The molecule has 0 aromatic carbocycles. The molecule has 0 bridgehead atoms. The van der Waals surface area contributed by atoms with Crippen molar-refractivity contribution in [1.29, 1.82) is 0 Å². The molecule has 0 aliphatic heterocycles. The van der Waals surface area contributed by atoms with Crippen LogP contribution in [-0.2, 0) is 14.8 Å². The summed E-state index contributed by atoms with van der Waals surface area (Å²) in [6.07, 6.45) is 4.85. The number of rotatable bonds is 4. The molecule has 0 aromatic rings. The number of aliphatic carboxylic acids is 1. The van der Waals surface area contributed by atoms with Crippen molar-refractivity contribution in [3.05, 3.63) is 0 Å². The molecule has 1 unspecified atom stereocenters. The third-order valence-corrected chi connectivity index (χ3v) is 5.48. The number of sulfonamides is 1. The molecule has 1 rings (SSSR count). The van der Waals surface area contributed by atoms with Gasteiger partial charge in [0.25, 0.3) is 0 Å². The highest BCUT2D eigenvalue weighted by Gasteiger charge is 2.35. The predicted molar refractivity (Wildman–Crippen MR) is 60.7 cm³/mol. The van der Waals surface area contributed by atoms with Crippen LogP contribution in [0.25, 0.3) is 0 Å². The van der Waals surface area contributed by atoms with Crippen molar-refractivity contribution in [3.8, 4) is 0 Å². The van der Waals surface area contributed by atoms with Gasteiger partial charge in [-0.2, -0.15) is 0 Å². The molecule has 1 aliphatic rings. The van der Waals surface area contributed by atoms with Crippen LogP contribution in [0.5, 0.6) is 0 Å². The SMILES string of the molecule is CC(C(=O)O)S(=O)(=O)N(C)C1CCCCC1. The highest BCUT2D eigenvalue weighted by atomic mass is 32.2. The Kier molecular flexibility index (Phi) is 4.32. The van der Waals surface area contributed by atoms with Gasteiger partial charge in [-0.05, 0) is 19.8 Å². The summed E-state index contributed by atoms with van der Waals surface area (Å²) in [7, 11) is -2.21. The van der Waals surface area contributed by atoms with Crippen LogP contribution >= 0.6 is 0 Å². The molecule has 94 valence electrons. The van der Waals surface area contributed by atoms with Crippen molar-refractivity contribution in [2.45, 2.75) is 50.3 Å². The van der Waals surface area contributed by atoms with Crippen molar-refractivity contribution in [1.82, 2.24) is 4.31 Å². The van der Waals surface area contributed by atoms with Crippen molar-refractivity contribution in [2.75, 3.05) is 7.05 Å². The van der Waals surface area contributed by atoms with Crippen LogP contribution in [0.3, 0.4) is 0 Å². The molecular formula is C10H19NO4S. The molecule has 6 heteroatoms. The highest BCUT2D eigenvalue weighted by Crippen LogP contribution is 2.24. The standard InChI is InChI=1S/C10H19NO4S/c1-8(10(12)13)16(14,15)11(2)9-6-4-3-5-7-9/h8-9H,3-7H2,1-2H3,(H,12,13). The first-order valence-electron chi connectivity index (χ1n) is 5.57. The Morgan fingerprint density at radius 3 is 2.25 bits per heavy atom. The van der Waals surface area contributed by atoms with Crippen LogP contribution < -0.4 is 0 Å². The van der Waals surface area contributed by atoms with Crippen LogP contribution in [0.1, 0.15) is 39.0 Å². The zero-order valence-electron chi connectivity index (χ0n) is 9.72. The number of carboxylic acids is 1. The monoisotopic (exact) mass is 249 g/mol. The second-order valence-electron chi connectivity index (χ2n) is 4.33. The topological polar surface area (TPSA) is 74.7 Å². The predicted octanol–water partition coefficient (Wildman–Crippen LogP) is 1.05. The van der Waals surface area contributed by atoms with E-state index in [2.05, 4.69) is 0 Å². The van der Waals surface area contributed by atoms with Gasteiger partial charge in [-0.25, -0.2) is 12.7 Å². The quantitative estimate of drug-likeness (QED) is 0.808. The Bertz CT molecular complexity index is 346. The van der Waals surface area contributed by atoms with Crippen LogP contribution in [0, 0.1) is 0 Å². The lowest BCUT2D eigenvalue weighted by Crippen LogP contribution is -2.44. The Morgan fingerprint density at radius 2 is 1.81 bits per heavy atom. The lowest BCUT2D eigenvalue weighted by molar-refractivity contribution is -0.136. The Morgan fingerprint density at radius 1 is 1.31 bits per heavy atom. The van der Waals surface area contributed by atoms with Gasteiger partial charge in [0.1, 0.15) is 0 Å². The summed E-state index contributed by atoms with van der Waals surface area (Å²) in [6, 6.07) is -0.0273. The minimum absolute atomic E-state index is 0.0273. The van der Waals surface area contributed by atoms with Crippen LogP contribution in [0.2, 0.25) is 0 Å². The smallest absolute Gasteiger partial charge is 0.323 e. The first-order valence-corrected chi connectivity index (χ1v) is 7.07. The molecule has 1 saturated carbocycles. The van der Waals surface area contributed by atoms with Gasteiger partial charge in [0.15, 0.2) is 5.25 Å². The summed E-state index contributed by atoms with van der Waals surface area (Å²) in [4.78, 5) is 10.7. The molecule has 1 aliphatic carbocycles. The maximum absolute atomic E-state index is 11.9. The first kappa shape index (κ1) is 13.4. The third kappa shape index (κ3) is 2.74. The second-order valence-corrected chi connectivity index (χ2v) is 6.65. The molecule has 1 N–H and O–H groups in total. The molecule has 1 atom stereocenters. The summed E-state index contributed by atoms with van der Waals surface area (Å²) in [6.45, 7) is 1.22. The fraction of sp³-hybridized carbons (Fsp3) is 0.900. The van der Waals surface area contributed by atoms with E-state index in [1.54, 1.807) is 0 Å². The zero-order chi connectivity index (χ0) is 12.3. The molecule has 1 fully saturated rings. The van der Waals surface area contributed by atoms with E-state index >= 15 is 0 Å². The van der Waals surface area contributed by atoms with Crippen molar-refractivity contribution >= 4 is 16.0 Å². The van der Waals surface area contributed by atoms with Crippen LogP contribution in [0.15, 0.2) is 0 Å². The molecular weight excluding hydrogens is 230 g/mol. The van der Waals surface area contributed by atoms with E-state index in [0.29, 0.717) is 0 Å². The van der Waals surface area contributed by atoms with Gasteiger partial charge in [-0.3, -0.25) is 4.79 Å². The molecule has 0 saturated heterocycles. The van der Waals surface area contributed by atoms with Crippen molar-refractivity contribution < 1.29 is 18.3 Å². The summed E-state index contributed by atoms with van der Waals surface area (Å²) in [5.41, 5.74) is 0. The average molecular weight is 249 g/mol. The largest absolute Gasteiger partial charge is 0.480 e. The molecule has 16 heavy (non-hydrogen) atoms. The van der Waals surface area contributed by atoms with E-state index in [0.717, 1.165) is 32.1 Å². The van der Waals surface area contributed by atoms with Crippen LogP contribution in [0.4, 0.5) is 0 Å². The van der Waals surface area contributed by atoms with Gasteiger partial charge in [0.05, 0.1) is 0 Å². The minimum atomic E-state index is -3.70. The normalized spacial score (nSPS) is 20.9. The molecule has 5 nitrogen and oxygen atoms in total. The van der Waals surface area contributed by atoms with Gasteiger partial charge >= 0.3 is 5.97 Å². The van der Waals surface area contributed by atoms with E-state index < -0.39 is 21.2 Å². The number of carbonyl (C=O) groups is 1. The Labute approximate surface area is 96.5 Å². The summed E-state index contributed by atoms with van der Waals surface area (Å²) in [5.74, 6) is -1.29. The number of nitrogens with zero attached hydrogens (tertiary/aromatic N) is 1. The highest BCUT2D eigenvalue weighted by molar-refractivity contribution is 7.90. The van der Waals surface area contributed by atoms with E-state index in [-0.39, 0.29) is 6.04 Å². The van der Waals surface area contributed by atoms with E-state index in [4.69, 9.17) is 5.11 Å². The minimum Gasteiger partial charge on any atom is -0.480 e. The van der Waals surface area contributed by atoms with Crippen molar-refractivity contribution in [3.63, 3.8) is 0 Å². The molecule has 0 spiro atoms. The lowest BCUT2D eigenvalue weighted by atomic mass is 9.96. The molecule has 0 radical (unpaired) electrons. The summed E-state index contributed by atoms with van der Waals surface area (Å²) < 4.78 is 25.1. The maximum Gasteiger partial charge on any atom is 0.323 e. The number of hydrogen-bond donors (Lipinski definition) is 1. The van der Waals surface area contributed by atoms with Gasteiger partial charge in [-0.15, -0.1) is 0 Å². The van der Waals surface area contributed by atoms with Gasteiger partial charge in [0, 0.05) is 13.1 Å². The van der Waals surface area contributed by atoms with E-state index in [1.165, 1.54) is 18.3 Å². The van der Waals surface area contributed by atoms with Gasteiger partial charge in [0.2, 0.25) is 10.0 Å². The maximum atomic E-state index is 11.9. The summed E-state index contributed by atoms with van der Waals surface area (Å²) >= 11 is 0. The third-order valence-electron chi connectivity index (χ3n) is 3.28. The van der Waals surface area contributed by atoms with Gasteiger partial charge < -0.3 is 5.11 Å². The summed E-state index contributed by atoms with van der Waals surface area (Å²) in [5, 5.41) is 7.40. The lowest BCUT2D eigenvalue weighted by Gasteiger charge is -2.31. The van der Waals surface area contributed by atoms with E-state index in [9.17, 15) is 13.2 Å². The average Bonchev–Trinajstić information content (AvgIpc) is 2.28. The zero-order valence-corrected chi connectivity index (χ0v) is 10.5. The first-order chi connectivity index (χ1) is 7.37. The Hall–Kier alpha value is -0.620. The number of carboxylic acid groups (broad SMARTS) is 1. The molecule has 0 heterocycles. The van der Waals surface area contributed by atoms with Crippen LogP contribution in [-0.4, -0.2) is 42.1 Å². The fourth-order valence-corrected chi connectivity index (χ4v) is 3.41. The molecule has 0 amide bonds.